The summed E-state index contributed by atoms with van der Waals surface area (Å²) >= 11 is 0. The van der Waals surface area contributed by atoms with Gasteiger partial charge in [-0.1, -0.05) is 26.0 Å². The van der Waals surface area contributed by atoms with Crippen molar-refractivity contribution in [3.8, 4) is 5.75 Å². The Balaban J connectivity index is 2.65. The van der Waals surface area contributed by atoms with Crippen LogP contribution in [0.25, 0.3) is 0 Å². The first-order valence-corrected chi connectivity index (χ1v) is 4.40. The van der Waals surface area contributed by atoms with Crippen molar-refractivity contribution in [3.63, 3.8) is 0 Å². The maximum atomic E-state index is 11.3. The van der Waals surface area contributed by atoms with Crippen LogP contribution in [0, 0.1) is 5.92 Å². The van der Waals surface area contributed by atoms with E-state index in [-0.39, 0.29) is 17.5 Å². The molecule has 0 saturated carbocycles. The Labute approximate surface area is 78.2 Å². The smallest absolute Gasteiger partial charge is 0.139 e. The van der Waals surface area contributed by atoms with E-state index in [1.54, 1.807) is 24.3 Å². The fourth-order valence-corrected chi connectivity index (χ4v) is 1.02. The molecule has 0 heterocycles. The van der Waals surface area contributed by atoms with Crippen LogP contribution in [0.5, 0.6) is 5.75 Å². The maximum Gasteiger partial charge on any atom is 0.139 e. The number of hydrogen-bond acceptors (Lipinski definition) is 2. The van der Waals surface area contributed by atoms with Gasteiger partial charge in [0.2, 0.25) is 0 Å². The molecule has 1 aromatic rings. The average molecular weight is 178 g/mol. The lowest BCUT2D eigenvalue weighted by molar-refractivity contribution is -0.121. The van der Waals surface area contributed by atoms with Crippen LogP contribution in [0.2, 0.25) is 0 Å². The van der Waals surface area contributed by atoms with Gasteiger partial charge in [0.15, 0.2) is 0 Å². The van der Waals surface area contributed by atoms with Gasteiger partial charge >= 0.3 is 0 Å². The number of Topliss-reactive ketones (excluding diaryl/α,β-unsaturated/α-hetero) is 1. The van der Waals surface area contributed by atoms with E-state index in [0.717, 1.165) is 5.56 Å². The van der Waals surface area contributed by atoms with Crippen molar-refractivity contribution in [1.29, 1.82) is 0 Å². The van der Waals surface area contributed by atoms with E-state index < -0.39 is 0 Å². The second kappa shape index (κ2) is 4.08. The largest absolute Gasteiger partial charge is 0.508 e. The minimum absolute atomic E-state index is 0.0776. The van der Waals surface area contributed by atoms with E-state index in [2.05, 4.69) is 0 Å². The molecule has 0 bridgehead atoms. The van der Waals surface area contributed by atoms with Gasteiger partial charge in [0.25, 0.3) is 0 Å². The van der Waals surface area contributed by atoms with E-state index in [0.29, 0.717) is 6.42 Å². The van der Waals surface area contributed by atoms with Crippen LogP contribution in [0.1, 0.15) is 19.4 Å². The van der Waals surface area contributed by atoms with Crippen LogP contribution in [0.3, 0.4) is 0 Å². The number of carbonyl (C=O) groups is 1. The number of carbonyl (C=O) groups excluding carboxylic acids is 1. The molecule has 13 heavy (non-hydrogen) atoms. The average Bonchev–Trinajstić information content (AvgIpc) is 2.08. The van der Waals surface area contributed by atoms with Crippen molar-refractivity contribution in [2.24, 2.45) is 5.92 Å². The van der Waals surface area contributed by atoms with Gasteiger partial charge in [-0.15, -0.1) is 0 Å². The van der Waals surface area contributed by atoms with E-state index in [1.807, 2.05) is 13.8 Å². The maximum absolute atomic E-state index is 11.3. The van der Waals surface area contributed by atoms with E-state index >= 15 is 0 Å². The number of phenols is 1. The molecular formula is C11H14O2. The molecule has 0 unspecified atom stereocenters. The SMILES string of the molecule is CC(C)C(=O)Cc1ccc(O)cc1. The minimum atomic E-state index is 0.0776. The van der Waals surface area contributed by atoms with Gasteiger partial charge in [-0.05, 0) is 17.7 Å². The summed E-state index contributed by atoms with van der Waals surface area (Å²) in [6.07, 6.45) is 0.456. The Hall–Kier alpha value is -1.31. The summed E-state index contributed by atoms with van der Waals surface area (Å²) in [5.74, 6) is 0.542. The van der Waals surface area contributed by atoms with Gasteiger partial charge in [0.1, 0.15) is 11.5 Å². The van der Waals surface area contributed by atoms with Crippen LogP contribution >= 0.6 is 0 Å². The van der Waals surface area contributed by atoms with Crippen molar-refractivity contribution in [1.82, 2.24) is 0 Å². The van der Waals surface area contributed by atoms with Crippen LogP contribution < -0.4 is 0 Å². The normalized spacial score (nSPS) is 10.4. The lowest BCUT2D eigenvalue weighted by Crippen LogP contribution is -2.09. The van der Waals surface area contributed by atoms with Crippen molar-refractivity contribution in [2.75, 3.05) is 0 Å². The number of ketones is 1. The van der Waals surface area contributed by atoms with Gasteiger partial charge in [-0.3, -0.25) is 4.79 Å². The fourth-order valence-electron chi connectivity index (χ4n) is 1.02. The predicted molar refractivity (Wildman–Crippen MR) is 51.7 cm³/mol. The number of rotatable bonds is 3. The van der Waals surface area contributed by atoms with Gasteiger partial charge < -0.3 is 5.11 Å². The van der Waals surface area contributed by atoms with Gasteiger partial charge in [-0.2, -0.15) is 0 Å². The molecule has 70 valence electrons. The quantitative estimate of drug-likeness (QED) is 0.770. The summed E-state index contributed by atoms with van der Waals surface area (Å²) in [4.78, 5) is 11.3. The minimum Gasteiger partial charge on any atom is -0.508 e. The number of aromatic hydroxyl groups is 1. The first-order chi connectivity index (χ1) is 6.09. The molecule has 0 aliphatic carbocycles. The molecule has 0 amide bonds. The van der Waals surface area contributed by atoms with E-state index in [4.69, 9.17) is 5.11 Å². The van der Waals surface area contributed by atoms with E-state index in [1.165, 1.54) is 0 Å². The standard InChI is InChI=1S/C11H14O2/c1-8(2)11(13)7-9-3-5-10(12)6-4-9/h3-6,8,12H,7H2,1-2H3. The third-order valence-corrected chi connectivity index (χ3v) is 1.96. The summed E-state index contributed by atoms with van der Waals surface area (Å²) in [5, 5.41) is 9.02. The molecule has 0 spiro atoms. The van der Waals surface area contributed by atoms with E-state index in [9.17, 15) is 4.79 Å². The monoisotopic (exact) mass is 178 g/mol. The summed E-state index contributed by atoms with van der Waals surface area (Å²) in [7, 11) is 0. The Morgan fingerprint density at radius 2 is 1.85 bits per heavy atom. The van der Waals surface area contributed by atoms with Crippen LogP contribution in [-0.2, 0) is 11.2 Å². The summed E-state index contributed by atoms with van der Waals surface area (Å²) in [6.45, 7) is 3.78. The highest BCUT2D eigenvalue weighted by atomic mass is 16.3. The zero-order chi connectivity index (χ0) is 9.84. The predicted octanol–water partition coefficient (Wildman–Crippen LogP) is 2.16. The summed E-state index contributed by atoms with van der Waals surface area (Å²) < 4.78 is 0. The summed E-state index contributed by atoms with van der Waals surface area (Å²) in [6, 6.07) is 6.75. The molecule has 0 atom stereocenters. The lowest BCUT2D eigenvalue weighted by atomic mass is 10.0. The molecule has 2 heteroatoms. The highest BCUT2D eigenvalue weighted by Gasteiger charge is 2.07. The van der Waals surface area contributed by atoms with Gasteiger partial charge in [-0.25, -0.2) is 0 Å². The summed E-state index contributed by atoms with van der Waals surface area (Å²) in [5.41, 5.74) is 0.955. The first-order valence-electron chi connectivity index (χ1n) is 4.40. The lowest BCUT2D eigenvalue weighted by Gasteiger charge is -2.03. The second-order valence-electron chi connectivity index (χ2n) is 3.46. The van der Waals surface area contributed by atoms with Crippen molar-refractivity contribution in [3.05, 3.63) is 29.8 Å². The highest BCUT2D eigenvalue weighted by Crippen LogP contribution is 2.11. The number of phenolic OH excluding ortho intramolecular Hbond substituents is 1. The molecule has 0 saturated heterocycles. The molecule has 1 rings (SSSR count). The second-order valence-corrected chi connectivity index (χ2v) is 3.46. The molecule has 0 fully saturated rings. The molecule has 1 N–H and O–H groups in total. The third-order valence-electron chi connectivity index (χ3n) is 1.96. The first kappa shape index (κ1) is 9.78. The topological polar surface area (TPSA) is 37.3 Å². The Kier molecular flexibility index (Phi) is 3.07. The van der Waals surface area contributed by atoms with Crippen LogP contribution in [0.15, 0.2) is 24.3 Å². The van der Waals surface area contributed by atoms with Crippen molar-refractivity contribution in [2.45, 2.75) is 20.3 Å². The number of benzene rings is 1. The molecule has 0 radical (unpaired) electrons. The Morgan fingerprint density at radius 1 is 1.31 bits per heavy atom. The van der Waals surface area contributed by atoms with Crippen molar-refractivity contribution >= 4 is 5.78 Å². The van der Waals surface area contributed by atoms with Gasteiger partial charge in [0.05, 0.1) is 0 Å². The number of hydrogen-bond donors (Lipinski definition) is 1. The highest BCUT2D eigenvalue weighted by molar-refractivity contribution is 5.82. The van der Waals surface area contributed by atoms with Crippen LogP contribution in [-0.4, -0.2) is 10.9 Å². The zero-order valence-corrected chi connectivity index (χ0v) is 7.95. The molecule has 2 nitrogen and oxygen atoms in total. The van der Waals surface area contributed by atoms with Gasteiger partial charge in [0, 0.05) is 12.3 Å². The molecular weight excluding hydrogens is 164 g/mol. The zero-order valence-electron chi connectivity index (χ0n) is 7.95. The molecule has 1 aromatic carbocycles. The fraction of sp³-hybridized carbons (Fsp3) is 0.364. The molecule has 0 aromatic heterocycles. The van der Waals surface area contributed by atoms with Crippen LogP contribution in [0.4, 0.5) is 0 Å². The van der Waals surface area contributed by atoms with Crippen molar-refractivity contribution < 1.29 is 9.90 Å². The Morgan fingerprint density at radius 3 is 2.31 bits per heavy atom. The molecule has 0 aliphatic heterocycles. The third kappa shape index (κ3) is 2.90. The Bertz CT molecular complexity index is 285. The molecule has 0 aliphatic rings.